The highest BCUT2D eigenvalue weighted by atomic mass is 32.1. The van der Waals surface area contributed by atoms with E-state index in [4.69, 9.17) is 0 Å². The van der Waals surface area contributed by atoms with E-state index in [9.17, 15) is 19.5 Å². The van der Waals surface area contributed by atoms with E-state index in [1.807, 2.05) is 47.8 Å². The first kappa shape index (κ1) is 22.1. The van der Waals surface area contributed by atoms with E-state index < -0.39 is 12.1 Å². The number of aromatic nitrogens is 1. The molecular formula is C25H24N4O4S. The minimum absolute atomic E-state index is 0.0319. The monoisotopic (exact) mass is 476 g/mol. The predicted molar refractivity (Wildman–Crippen MR) is 129 cm³/mol. The largest absolute Gasteiger partial charge is 0.465 e. The van der Waals surface area contributed by atoms with Gasteiger partial charge in [-0.3, -0.25) is 14.5 Å². The number of carboxylic acid groups (broad SMARTS) is 1. The molecule has 2 heterocycles. The van der Waals surface area contributed by atoms with Crippen LogP contribution in [0.3, 0.4) is 0 Å². The Labute approximate surface area is 200 Å². The molecule has 0 bridgehead atoms. The van der Waals surface area contributed by atoms with Gasteiger partial charge in [0.25, 0.3) is 5.91 Å². The molecule has 1 aliphatic heterocycles. The quantitative estimate of drug-likeness (QED) is 0.494. The molecule has 1 aromatic heterocycles. The Balaban J connectivity index is 1.25. The van der Waals surface area contributed by atoms with E-state index >= 15 is 0 Å². The van der Waals surface area contributed by atoms with E-state index in [2.05, 4.69) is 15.6 Å². The number of benzene rings is 2. The summed E-state index contributed by atoms with van der Waals surface area (Å²) >= 11 is 1.28. The lowest BCUT2D eigenvalue weighted by molar-refractivity contribution is -0.119. The first-order valence-electron chi connectivity index (χ1n) is 11.2. The molecule has 2 fully saturated rings. The Morgan fingerprint density at radius 2 is 1.76 bits per heavy atom. The number of anilines is 1. The standard InChI is InChI=1S/C25H24N4O4S/c30-22(26-19-10-11-19)17-8-6-16(7-9-17)20-14-34-24(27-20)28-23(31)21-12-18(13-29(21)25(32)33)15-4-2-1-3-5-15/h1-9,14,18-19,21H,10-13H2,(H,26,30)(H,32,33)(H,27,28,31). The molecule has 1 saturated carbocycles. The van der Waals surface area contributed by atoms with Crippen LogP contribution >= 0.6 is 11.3 Å². The van der Waals surface area contributed by atoms with Gasteiger partial charge in [-0.25, -0.2) is 9.78 Å². The number of carbonyl (C=O) groups is 3. The van der Waals surface area contributed by atoms with Gasteiger partial charge in [-0.1, -0.05) is 42.5 Å². The Bertz CT molecular complexity index is 1210. The summed E-state index contributed by atoms with van der Waals surface area (Å²) in [5.74, 6) is -0.488. The second-order valence-electron chi connectivity index (χ2n) is 8.65. The molecule has 0 radical (unpaired) electrons. The maximum Gasteiger partial charge on any atom is 0.408 e. The summed E-state index contributed by atoms with van der Waals surface area (Å²) < 4.78 is 0. The molecule has 0 spiro atoms. The molecule has 8 nitrogen and oxygen atoms in total. The van der Waals surface area contributed by atoms with Crippen LogP contribution in [0.15, 0.2) is 60.0 Å². The highest BCUT2D eigenvalue weighted by molar-refractivity contribution is 7.14. The Morgan fingerprint density at radius 1 is 1.03 bits per heavy atom. The van der Waals surface area contributed by atoms with Crippen LogP contribution in [0.1, 0.15) is 41.1 Å². The maximum absolute atomic E-state index is 13.0. The number of nitrogens with one attached hydrogen (secondary N) is 2. The van der Waals surface area contributed by atoms with E-state index in [1.165, 1.54) is 16.2 Å². The lowest BCUT2D eigenvalue weighted by Gasteiger charge is -2.19. The van der Waals surface area contributed by atoms with Crippen LogP contribution < -0.4 is 10.6 Å². The highest BCUT2D eigenvalue weighted by Crippen LogP contribution is 2.33. The molecule has 3 N–H and O–H groups in total. The molecular weight excluding hydrogens is 452 g/mol. The topological polar surface area (TPSA) is 112 Å². The van der Waals surface area contributed by atoms with Gasteiger partial charge in [0.1, 0.15) is 6.04 Å². The van der Waals surface area contributed by atoms with Crippen molar-refractivity contribution in [2.75, 3.05) is 11.9 Å². The molecule has 2 atom stereocenters. The second-order valence-corrected chi connectivity index (χ2v) is 9.50. The van der Waals surface area contributed by atoms with Crippen LogP contribution in [0.4, 0.5) is 9.93 Å². The average molecular weight is 477 g/mol. The number of amides is 3. The molecule has 2 unspecified atom stereocenters. The van der Waals surface area contributed by atoms with Crippen LogP contribution in [0.25, 0.3) is 11.3 Å². The van der Waals surface area contributed by atoms with Gasteiger partial charge < -0.3 is 15.7 Å². The van der Waals surface area contributed by atoms with Crippen molar-refractivity contribution < 1.29 is 19.5 Å². The third kappa shape index (κ3) is 4.79. The number of likely N-dealkylation sites (tertiary alicyclic amines) is 1. The number of hydrogen-bond acceptors (Lipinski definition) is 5. The van der Waals surface area contributed by atoms with E-state index in [1.54, 1.807) is 12.1 Å². The highest BCUT2D eigenvalue weighted by Gasteiger charge is 2.40. The van der Waals surface area contributed by atoms with Crippen molar-refractivity contribution in [3.63, 3.8) is 0 Å². The maximum atomic E-state index is 13.0. The van der Waals surface area contributed by atoms with Gasteiger partial charge in [0, 0.05) is 35.0 Å². The fraction of sp³-hybridized carbons (Fsp3) is 0.280. The van der Waals surface area contributed by atoms with Crippen LogP contribution in [0, 0.1) is 0 Å². The smallest absolute Gasteiger partial charge is 0.408 e. The lowest BCUT2D eigenvalue weighted by atomic mass is 9.96. The van der Waals surface area contributed by atoms with Crippen LogP contribution in [0.5, 0.6) is 0 Å². The van der Waals surface area contributed by atoms with Crippen molar-refractivity contribution in [2.24, 2.45) is 0 Å². The second kappa shape index (κ2) is 9.26. The third-order valence-corrected chi connectivity index (χ3v) is 6.97. The van der Waals surface area contributed by atoms with Gasteiger partial charge in [-0.2, -0.15) is 0 Å². The van der Waals surface area contributed by atoms with E-state index in [0.717, 1.165) is 24.0 Å². The summed E-state index contributed by atoms with van der Waals surface area (Å²) in [5.41, 5.74) is 3.13. The third-order valence-electron chi connectivity index (χ3n) is 6.21. The lowest BCUT2D eigenvalue weighted by Crippen LogP contribution is -2.42. The number of nitrogens with zero attached hydrogens (tertiary/aromatic N) is 2. The molecule has 174 valence electrons. The van der Waals surface area contributed by atoms with Gasteiger partial charge in [0.05, 0.1) is 5.69 Å². The van der Waals surface area contributed by atoms with Gasteiger partial charge in [-0.15, -0.1) is 11.3 Å². The summed E-state index contributed by atoms with van der Waals surface area (Å²) in [6.07, 6.45) is 1.39. The Kier molecular flexibility index (Phi) is 6.02. The Hall–Kier alpha value is -3.72. The molecule has 3 aromatic rings. The van der Waals surface area contributed by atoms with Gasteiger partial charge in [0.15, 0.2) is 5.13 Å². The van der Waals surface area contributed by atoms with E-state index in [-0.39, 0.29) is 24.3 Å². The van der Waals surface area contributed by atoms with Crippen molar-refractivity contribution in [1.82, 2.24) is 15.2 Å². The van der Waals surface area contributed by atoms with Crippen LogP contribution in [0.2, 0.25) is 0 Å². The predicted octanol–water partition coefficient (Wildman–Crippen LogP) is 4.18. The number of carbonyl (C=O) groups excluding carboxylic acids is 2. The molecule has 34 heavy (non-hydrogen) atoms. The van der Waals surface area contributed by atoms with Crippen molar-refractivity contribution in [3.05, 3.63) is 71.1 Å². The Morgan fingerprint density at radius 3 is 2.44 bits per heavy atom. The molecule has 9 heteroatoms. The number of rotatable bonds is 6. The van der Waals surface area contributed by atoms with Crippen molar-refractivity contribution in [3.8, 4) is 11.3 Å². The zero-order valence-electron chi connectivity index (χ0n) is 18.3. The number of thiazole rings is 1. The van der Waals surface area contributed by atoms with Gasteiger partial charge in [-0.05, 0) is 37.0 Å². The fourth-order valence-corrected chi connectivity index (χ4v) is 4.93. The molecule has 1 saturated heterocycles. The minimum atomic E-state index is -1.11. The summed E-state index contributed by atoms with van der Waals surface area (Å²) in [4.78, 5) is 42.6. The minimum Gasteiger partial charge on any atom is -0.465 e. The van der Waals surface area contributed by atoms with Crippen LogP contribution in [-0.4, -0.2) is 51.5 Å². The first-order chi connectivity index (χ1) is 16.5. The molecule has 2 aliphatic rings. The molecule has 5 rings (SSSR count). The van der Waals surface area contributed by atoms with Crippen LogP contribution in [-0.2, 0) is 4.79 Å². The zero-order chi connectivity index (χ0) is 23.7. The van der Waals surface area contributed by atoms with E-state index in [0.29, 0.717) is 28.9 Å². The SMILES string of the molecule is O=C(NC1CC1)c1ccc(-c2csc(NC(=O)C3CC(c4ccccc4)CN3C(=O)O)n2)cc1. The summed E-state index contributed by atoms with van der Waals surface area (Å²) in [6.45, 7) is 0.279. The van der Waals surface area contributed by atoms with Crippen molar-refractivity contribution in [2.45, 2.75) is 37.3 Å². The molecule has 1 aliphatic carbocycles. The molecule has 3 amide bonds. The normalized spacial score (nSPS) is 19.6. The van der Waals surface area contributed by atoms with Crippen molar-refractivity contribution in [1.29, 1.82) is 0 Å². The summed E-state index contributed by atoms with van der Waals surface area (Å²) in [6, 6.07) is 16.4. The summed E-state index contributed by atoms with van der Waals surface area (Å²) in [7, 11) is 0. The van der Waals surface area contributed by atoms with Gasteiger partial charge in [0.2, 0.25) is 5.91 Å². The first-order valence-corrected chi connectivity index (χ1v) is 12.1. The number of hydrogen-bond donors (Lipinski definition) is 3. The van der Waals surface area contributed by atoms with Crippen molar-refractivity contribution >= 4 is 34.4 Å². The fourth-order valence-electron chi connectivity index (χ4n) is 4.20. The summed E-state index contributed by atoms with van der Waals surface area (Å²) in [5, 5.41) is 17.6. The average Bonchev–Trinajstić information content (AvgIpc) is 3.34. The zero-order valence-corrected chi connectivity index (χ0v) is 19.1. The van der Waals surface area contributed by atoms with Gasteiger partial charge >= 0.3 is 6.09 Å². The molecule has 2 aromatic carbocycles.